The lowest BCUT2D eigenvalue weighted by Gasteiger charge is -2.42. The van der Waals surface area contributed by atoms with Crippen molar-refractivity contribution in [2.75, 3.05) is 27.2 Å². The quantitative estimate of drug-likeness (QED) is 0.202. The fourth-order valence-electron chi connectivity index (χ4n) is 8.73. The number of hydrogen-bond acceptors (Lipinski definition) is 6. The van der Waals surface area contributed by atoms with Gasteiger partial charge in [-0.3, -0.25) is 23.9 Å². The second-order valence-electron chi connectivity index (χ2n) is 15.5. The number of likely N-dealkylation sites (N-methyl/N-ethyl adjacent to an activating group) is 1. The largest absolute Gasteiger partial charge is 0.497 e. The molecule has 53 heavy (non-hydrogen) atoms. The van der Waals surface area contributed by atoms with Gasteiger partial charge in [0.2, 0.25) is 0 Å². The summed E-state index contributed by atoms with van der Waals surface area (Å²) < 4.78 is 25.4. The van der Waals surface area contributed by atoms with Crippen LogP contribution in [0.4, 0.5) is 0 Å². The normalized spacial score (nSPS) is 20.2. The van der Waals surface area contributed by atoms with E-state index in [9.17, 15) is 13.8 Å². The Morgan fingerprint density at radius 1 is 1.04 bits per heavy atom. The molecule has 282 valence electrons. The lowest BCUT2D eigenvalue weighted by atomic mass is 9.81. The summed E-state index contributed by atoms with van der Waals surface area (Å²) in [5, 5.41) is 5.90. The molecule has 4 heterocycles. The zero-order valence-corrected chi connectivity index (χ0v) is 33.3. The molecule has 3 atom stereocenters. The Balaban J connectivity index is 1.45. The van der Waals surface area contributed by atoms with E-state index in [0.29, 0.717) is 43.4 Å². The Kier molecular flexibility index (Phi) is 10.4. The van der Waals surface area contributed by atoms with Gasteiger partial charge < -0.3 is 14.2 Å². The molecule has 2 aromatic carbocycles. The average Bonchev–Trinajstić information content (AvgIpc) is 3.60. The highest BCUT2D eigenvalue weighted by molar-refractivity contribution is 7.84. The Hall–Kier alpha value is -4.22. The summed E-state index contributed by atoms with van der Waals surface area (Å²) in [5.41, 5.74) is 9.27. The molecule has 1 N–H and O–H groups in total. The Labute approximate surface area is 316 Å². The van der Waals surface area contributed by atoms with Crippen molar-refractivity contribution in [1.82, 2.24) is 28.9 Å². The van der Waals surface area contributed by atoms with E-state index >= 15 is 0 Å². The van der Waals surface area contributed by atoms with Crippen LogP contribution in [0.1, 0.15) is 116 Å². The molecule has 2 aliphatic heterocycles. The number of aryl methyl sites for hydroxylation is 2. The van der Waals surface area contributed by atoms with Crippen molar-refractivity contribution in [3.63, 3.8) is 0 Å². The number of hydrogen-bond donors (Lipinski definition) is 1. The van der Waals surface area contributed by atoms with Gasteiger partial charge >= 0.3 is 0 Å². The molecule has 2 aromatic heterocycles. The molecule has 4 aromatic rings. The maximum Gasteiger partial charge on any atom is 0.272 e. The molecule has 1 saturated heterocycles. The van der Waals surface area contributed by atoms with E-state index in [0.717, 1.165) is 63.1 Å². The van der Waals surface area contributed by atoms with Crippen LogP contribution in [0.25, 0.3) is 33.8 Å². The van der Waals surface area contributed by atoms with Gasteiger partial charge in [-0.15, -0.1) is 0 Å². The molecule has 3 aliphatic rings. The maximum absolute atomic E-state index is 14.7. The number of allylic oxidation sites excluding steroid dienone is 1. The summed E-state index contributed by atoms with van der Waals surface area (Å²) in [6.45, 7) is 14.4. The predicted octanol–water partition coefficient (Wildman–Crippen LogP) is 7.41. The molecule has 7 rings (SSSR count). The monoisotopic (exact) mass is 738 g/mol. The van der Waals surface area contributed by atoms with E-state index in [1.807, 2.05) is 55.5 Å². The number of fused-ring (bicyclic) bond motifs is 5. The van der Waals surface area contributed by atoms with Crippen molar-refractivity contribution in [3.8, 4) is 17.0 Å². The molecule has 0 bridgehead atoms. The molecule has 2 fully saturated rings. The second kappa shape index (κ2) is 14.9. The van der Waals surface area contributed by atoms with Crippen LogP contribution in [0.5, 0.6) is 5.75 Å². The Morgan fingerprint density at radius 3 is 2.42 bits per heavy atom. The first-order chi connectivity index (χ1) is 25.4. The highest BCUT2D eigenvalue weighted by atomic mass is 32.2. The van der Waals surface area contributed by atoms with Gasteiger partial charge in [0.15, 0.2) is 0 Å². The van der Waals surface area contributed by atoms with Crippen LogP contribution < -0.4 is 9.46 Å². The van der Waals surface area contributed by atoms with E-state index in [2.05, 4.69) is 59.4 Å². The number of piperazine rings is 1. The maximum atomic E-state index is 14.7. The Morgan fingerprint density at radius 2 is 1.75 bits per heavy atom. The molecule has 11 heteroatoms. The zero-order chi connectivity index (χ0) is 37.7. The third-order valence-electron chi connectivity index (χ3n) is 11.8. The number of ether oxygens (including phenoxy) is 1. The molecule has 0 spiro atoms. The van der Waals surface area contributed by atoms with Crippen LogP contribution in [-0.4, -0.2) is 84.8 Å². The fourth-order valence-corrected chi connectivity index (χ4v) is 9.27. The average molecular weight is 739 g/mol. The molecule has 1 saturated carbocycles. The van der Waals surface area contributed by atoms with Crippen molar-refractivity contribution in [2.24, 2.45) is 0 Å². The summed E-state index contributed by atoms with van der Waals surface area (Å²) >= 11 is 0. The van der Waals surface area contributed by atoms with Crippen molar-refractivity contribution in [1.29, 1.82) is 0 Å². The van der Waals surface area contributed by atoms with E-state index < -0.39 is 11.0 Å². The minimum Gasteiger partial charge on any atom is -0.497 e. The molecular formula is C42H54N6O4S. The van der Waals surface area contributed by atoms with Crippen LogP contribution in [-0.2, 0) is 24.1 Å². The third kappa shape index (κ3) is 6.75. The van der Waals surface area contributed by atoms with Gasteiger partial charge in [0, 0.05) is 71.1 Å². The molecular weight excluding hydrogens is 685 g/mol. The number of benzene rings is 2. The van der Waals surface area contributed by atoms with Gasteiger partial charge in [-0.25, -0.2) is 4.21 Å². The van der Waals surface area contributed by atoms with Crippen LogP contribution in [0, 0.1) is 6.92 Å². The number of carbonyl (C=O) groups is 2. The lowest BCUT2D eigenvalue weighted by Crippen LogP contribution is -2.56. The Bertz CT molecular complexity index is 2110. The van der Waals surface area contributed by atoms with Gasteiger partial charge in [-0.1, -0.05) is 25.3 Å². The molecule has 0 radical (unpaired) electrons. The topological polar surface area (TPSA) is 102 Å². The van der Waals surface area contributed by atoms with Gasteiger partial charge in [-0.05, 0) is 120 Å². The van der Waals surface area contributed by atoms with E-state index in [1.54, 1.807) is 7.11 Å². The summed E-state index contributed by atoms with van der Waals surface area (Å²) in [4.78, 5) is 32.6. The number of aromatic nitrogens is 3. The minimum absolute atomic E-state index is 0.00264. The predicted molar refractivity (Wildman–Crippen MR) is 214 cm³/mol. The first-order valence-corrected chi connectivity index (χ1v) is 20.5. The highest BCUT2D eigenvalue weighted by Crippen LogP contribution is 2.48. The zero-order valence-electron chi connectivity index (χ0n) is 32.5. The van der Waals surface area contributed by atoms with Gasteiger partial charge in [0.25, 0.3) is 11.8 Å². The van der Waals surface area contributed by atoms with Crippen molar-refractivity contribution in [3.05, 3.63) is 70.0 Å². The first kappa shape index (κ1) is 37.1. The first-order valence-electron chi connectivity index (χ1n) is 19.3. The van der Waals surface area contributed by atoms with Gasteiger partial charge in [0.1, 0.15) is 22.4 Å². The van der Waals surface area contributed by atoms with Crippen molar-refractivity contribution < 1.29 is 18.5 Å². The van der Waals surface area contributed by atoms with E-state index in [4.69, 9.17) is 9.84 Å². The van der Waals surface area contributed by atoms with Crippen LogP contribution in [0.2, 0.25) is 0 Å². The molecule has 2 amide bonds. The molecule has 1 unspecified atom stereocenters. The van der Waals surface area contributed by atoms with Crippen LogP contribution in [0.3, 0.4) is 0 Å². The smallest absolute Gasteiger partial charge is 0.272 e. The van der Waals surface area contributed by atoms with Crippen molar-refractivity contribution in [2.45, 2.75) is 110 Å². The van der Waals surface area contributed by atoms with E-state index in [1.165, 1.54) is 24.8 Å². The SMILES string of the molecule is CCn1nc(C)c(C2=Cc3cc(OC)ccc3-c3c(C4CCCCC4)c4ccc(C(=O)NS(=O)C(C)C)cc4n3C2)c1C(=O)N1C[C@@H](C)N(C)[C@@H](C)C1. The van der Waals surface area contributed by atoms with Gasteiger partial charge in [-0.2, -0.15) is 5.10 Å². The summed E-state index contributed by atoms with van der Waals surface area (Å²) in [7, 11) is 2.32. The molecule has 1 aliphatic carbocycles. The number of nitrogens with one attached hydrogen (secondary N) is 1. The number of nitrogens with zero attached hydrogens (tertiary/aromatic N) is 5. The number of rotatable bonds is 8. The highest BCUT2D eigenvalue weighted by Gasteiger charge is 2.36. The number of carbonyl (C=O) groups excluding carboxylic acids is 2. The third-order valence-corrected chi connectivity index (χ3v) is 13.0. The van der Waals surface area contributed by atoms with Crippen LogP contribution in [0.15, 0.2) is 36.4 Å². The van der Waals surface area contributed by atoms with E-state index in [-0.39, 0.29) is 29.1 Å². The fraction of sp³-hybridized carbons (Fsp3) is 0.500. The molecule has 10 nitrogen and oxygen atoms in total. The minimum atomic E-state index is -1.50. The number of amides is 2. The van der Waals surface area contributed by atoms with Crippen molar-refractivity contribution >= 4 is 45.4 Å². The summed E-state index contributed by atoms with van der Waals surface area (Å²) in [6, 6.07) is 12.7. The standard InChI is InChI=1S/C42H54N6O4S/c1-9-48-40(42(50)46-22-26(4)45(7)27(5)23-46)37(28(6)43-48)32-19-31-20-33(52-8)16-18-34(31)39-38(29-13-11-10-12-14-29)35-17-15-30(21-36(35)47(39)24-32)41(49)44-53(51)25(2)3/h15-21,25-27,29H,9-14,22-24H2,1-8H3,(H,44,49)/t26-,27+,53?. The second-order valence-corrected chi connectivity index (χ2v) is 17.3. The van der Waals surface area contributed by atoms with Crippen LogP contribution >= 0.6 is 0 Å². The summed E-state index contributed by atoms with van der Waals surface area (Å²) in [6.07, 6.45) is 8.04. The van der Waals surface area contributed by atoms with Gasteiger partial charge in [0.05, 0.1) is 18.5 Å². The summed E-state index contributed by atoms with van der Waals surface area (Å²) in [5.74, 6) is 0.780. The lowest BCUT2D eigenvalue weighted by molar-refractivity contribution is 0.0404. The number of methoxy groups -OCH3 is 1.